The van der Waals surface area contributed by atoms with E-state index in [2.05, 4.69) is 6.92 Å². The number of carbonyl (C=O) groups is 1. The highest BCUT2D eigenvalue weighted by Gasteiger charge is 2.30. The first-order chi connectivity index (χ1) is 15.9. The minimum Gasteiger partial charge on any atom is -0.494 e. The van der Waals surface area contributed by atoms with Gasteiger partial charge in [-0.2, -0.15) is 0 Å². The summed E-state index contributed by atoms with van der Waals surface area (Å²) in [5, 5.41) is 0. The molecule has 3 rings (SSSR count). The van der Waals surface area contributed by atoms with Gasteiger partial charge in [-0.3, -0.25) is 4.79 Å². The highest BCUT2D eigenvalue weighted by Crippen LogP contribution is 2.26. The molecule has 0 aromatic heterocycles. The summed E-state index contributed by atoms with van der Waals surface area (Å²) < 4.78 is 33.4. The van der Waals surface area contributed by atoms with Crippen LogP contribution in [-0.4, -0.2) is 20.9 Å². The van der Waals surface area contributed by atoms with Crippen LogP contribution in [0, 0.1) is 6.92 Å². The lowest BCUT2D eigenvalue weighted by Crippen LogP contribution is -2.37. The van der Waals surface area contributed by atoms with Gasteiger partial charge < -0.3 is 4.74 Å². The van der Waals surface area contributed by atoms with Crippen LogP contribution >= 0.6 is 0 Å². The zero-order valence-electron chi connectivity index (χ0n) is 19.2. The molecule has 0 fully saturated rings. The van der Waals surface area contributed by atoms with Crippen molar-refractivity contribution in [3.63, 3.8) is 0 Å². The van der Waals surface area contributed by atoms with E-state index in [1.807, 2.05) is 43.3 Å². The van der Waals surface area contributed by atoms with Crippen molar-refractivity contribution in [2.45, 2.75) is 50.8 Å². The minimum absolute atomic E-state index is 0.0511. The van der Waals surface area contributed by atoms with Crippen LogP contribution in [0.5, 0.6) is 5.75 Å². The average Bonchev–Trinajstić information content (AvgIpc) is 2.83. The Morgan fingerprint density at radius 3 is 2.18 bits per heavy atom. The van der Waals surface area contributed by atoms with Crippen LogP contribution in [-0.2, 0) is 21.2 Å². The number of carbonyl (C=O) groups excluding carboxylic acids is 1. The Morgan fingerprint density at radius 1 is 0.879 bits per heavy atom. The molecule has 0 saturated heterocycles. The number of rotatable bonds is 11. The van der Waals surface area contributed by atoms with E-state index in [0.717, 1.165) is 40.4 Å². The van der Waals surface area contributed by atoms with Crippen molar-refractivity contribution in [1.82, 2.24) is 0 Å². The third kappa shape index (κ3) is 6.68. The van der Waals surface area contributed by atoms with Crippen LogP contribution in [0.25, 0.3) is 0 Å². The number of ether oxygens (including phenoxy) is 1. The zero-order chi connectivity index (χ0) is 23.7. The van der Waals surface area contributed by atoms with Gasteiger partial charge in [0.25, 0.3) is 10.0 Å². The molecule has 5 nitrogen and oxygen atoms in total. The molecule has 0 aliphatic heterocycles. The fourth-order valence-corrected chi connectivity index (χ4v) is 4.91. The van der Waals surface area contributed by atoms with Crippen molar-refractivity contribution < 1.29 is 17.9 Å². The van der Waals surface area contributed by atoms with Gasteiger partial charge in [0.2, 0.25) is 5.91 Å². The maximum Gasteiger partial charge on any atom is 0.270 e. The molecule has 0 saturated carbocycles. The van der Waals surface area contributed by atoms with Gasteiger partial charge in [-0.15, -0.1) is 0 Å². The van der Waals surface area contributed by atoms with Crippen molar-refractivity contribution in [3.8, 4) is 5.75 Å². The third-order valence-corrected chi connectivity index (χ3v) is 7.09. The molecule has 0 unspecified atom stereocenters. The summed E-state index contributed by atoms with van der Waals surface area (Å²) in [4.78, 5) is 13.3. The Morgan fingerprint density at radius 2 is 1.55 bits per heavy atom. The van der Waals surface area contributed by atoms with Crippen molar-refractivity contribution >= 4 is 21.6 Å². The first kappa shape index (κ1) is 24.5. The predicted octanol–water partition coefficient (Wildman–Crippen LogP) is 5.92. The second-order valence-electron chi connectivity index (χ2n) is 8.01. The van der Waals surface area contributed by atoms with Crippen LogP contribution in [0.15, 0.2) is 83.8 Å². The second-order valence-corrected chi connectivity index (χ2v) is 9.80. The molecule has 0 radical (unpaired) electrons. The smallest absolute Gasteiger partial charge is 0.270 e. The summed E-state index contributed by atoms with van der Waals surface area (Å²) in [6, 6.07) is 23.0. The van der Waals surface area contributed by atoms with Gasteiger partial charge in [-0.25, -0.2) is 12.7 Å². The van der Waals surface area contributed by atoms with Crippen molar-refractivity contribution in [2.75, 3.05) is 10.9 Å². The molecular weight excluding hydrogens is 434 g/mol. The Labute approximate surface area is 197 Å². The predicted molar refractivity (Wildman–Crippen MR) is 132 cm³/mol. The molecule has 0 atom stereocenters. The largest absolute Gasteiger partial charge is 0.494 e. The quantitative estimate of drug-likeness (QED) is 0.330. The summed E-state index contributed by atoms with van der Waals surface area (Å²) in [6.07, 6.45) is 3.52. The molecule has 1 amide bonds. The lowest BCUT2D eigenvalue weighted by molar-refractivity contribution is -0.117. The highest BCUT2D eigenvalue weighted by atomic mass is 32.2. The van der Waals surface area contributed by atoms with Crippen molar-refractivity contribution in [1.29, 1.82) is 0 Å². The van der Waals surface area contributed by atoms with E-state index in [4.69, 9.17) is 4.74 Å². The van der Waals surface area contributed by atoms with Gasteiger partial charge in [0.15, 0.2) is 0 Å². The SMILES string of the molecule is CCCCc1ccc(N(C(=O)CCCOc2ccc(C)cc2)S(=O)(=O)c2ccccc2)cc1. The number of nitrogens with zero attached hydrogens (tertiary/aromatic N) is 1. The molecule has 3 aromatic carbocycles. The number of unbranched alkanes of at least 4 members (excludes halogenated alkanes) is 1. The molecular formula is C27H31NO4S. The monoisotopic (exact) mass is 465 g/mol. The van der Waals surface area contributed by atoms with Crippen LogP contribution in [0.4, 0.5) is 5.69 Å². The van der Waals surface area contributed by atoms with Crippen LogP contribution in [0.3, 0.4) is 0 Å². The topological polar surface area (TPSA) is 63.7 Å². The van der Waals surface area contributed by atoms with Crippen LogP contribution in [0.2, 0.25) is 0 Å². The molecule has 0 heterocycles. The Balaban J connectivity index is 1.76. The molecule has 33 heavy (non-hydrogen) atoms. The van der Waals surface area contributed by atoms with E-state index in [0.29, 0.717) is 18.7 Å². The third-order valence-electron chi connectivity index (χ3n) is 5.32. The Bertz CT molecular complexity index is 1130. The number of hydrogen-bond donors (Lipinski definition) is 0. The van der Waals surface area contributed by atoms with E-state index < -0.39 is 15.9 Å². The van der Waals surface area contributed by atoms with Gasteiger partial charge in [-0.05, 0) is 68.1 Å². The maximum atomic E-state index is 13.4. The molecule has 0 aliphatic carbocycles. The van der Waals surface area contributed by atoms with Gasteiger partial charge in [0.1, 0.15) is 5.75 Å². The zero-order valence-corrected chi connectivity index (χ0v) is 20.1. The second kappa shape index (κ2) is 11.7. The fraction of sp³-hybridized carbons (Fsp3) is 0.296. The van der Waals surface area contributed by atoms with E-state index >= 15 is 0 Å². The van der Waals surface area contributed by atoms with Crippen LogP contribution < -0.4 is 9.04 Å². The molecule has 0 bridgehead atoms. The molecule has 0 N–H and O–H groups in total. The van der Waals surface area contributed by atoms with E-state index in [1.54, 1.807) is 30.3 Å². The summed E-state index contributed by atoms with van der Waals surface area (Å²) >= 11 is 0. The normalized spacial score (nSPS) is 11.2. The Kier molecular flexibility index (Phi) is 8.66. The van der Waals surface area contributed by atoms with E-state index in [-0.39, 0.29) is 11.3 Å². The highest BCUT2D eigenvalue weighted by molar-refractivity contribution is 7.93. The van der Waals surface area contributed by atoms with Crippen molar-refractivity contribution in [3.05, 3.63) is 90.0 Å². The summed E-state index contributed by atoms with van der Waals surface area (Å²) in [5.74, 6) is 0.247. The number of anilines is 1. The number of hydrogen-bond acceptors (Lipinski definition) is 4. The lowest BCUT2D eigenvalue weighted by atomic mass is 10.1. The molecule has 0 aliphatic rings. The summed E-state index contributed by atoms with van der Waals surface area (Å²) in [7, 11) is -4.03. The number of amides is 1. The number of aryl methyl sites for hydroxylation is 2. The van der Waals surface area contributed by atoms with E-state index in [9.17, 15) is 13.2 Å². The van der Waals surface area contributed by atoms with Crippen molar-refractivity contribution in [2.24, 2.45) is 0 Å². The first-order valence-corrected chi connectivity index (χ1v) is 12.8. The van der Waals surface area contributed by atoms with Crippen LogP contribution in [0.1, 0.15) is 43.7 Å². The van der Waals surface area contributed by atoms with Gasteiger partial charge >= 0.3 is 0 Å². The average molecular weight is 466 g/mol. The van der Waals surface area contributed by atoms with Gasteiger partial charge in [0, 0.05) is 6.42 Å². The maximum absolute atomic E-state index is 13.4. The van der Waals surface area contributed by atoms with E-state index in [1.165, 1.54) is 12.1 Å². The van der Waals surface area contributed by atoms with Gasteiger partial charge in [-0.1, -0.05) is 61.4 Å². The molecule has 6 heteroatoms. The lowest BCUT2D eigenvalue weighted by Gasteiger charge is -2.23. The first-order valence-electron chi connectivity index (χ1n) is 11.3. The van der Waals surface area contributed by atoms with Gasteiger partial charge in [0.05, 0.1) is 17.2 Å². The molecule has 174 valence electrons. The molecule has 0 spiro atoms. The molecule has 3 aromatic rings. The fourth-order valence-electron chi connectivity index (χ4n) is 3.44. The summed E-state index contributed by atoms with van der Waals surface area (Å²) in [5.41, 5.74) is 2.61. The minimum atomic E-state index is -4.03. The number of sulfonamides is 1. The Hall–Kier alpha value is -3.12. The number of benzene rings is 3. The summed E-state index contributed by atoms with van der Waals surface area (Å²) in [6.45, 7) is 4.45. The standard InChI is InChI=1S/C27H31NO4S/c1-3-4-9-23-15-17-24(18-16-23)28(33(30,31)26-10-6-5-7-11-26)27(29)12-8-21-32-25-19-13-22(2)14-20-25/h5-7,10-11,13-20H,3-4,8-9,12,21H2,1-2H3.